The van der Waals surface area contributed by atoms with Crippen molar-refractivity contribution in [1.82, 2.24) is 35.9 Å². The molecule has 3 aromatic heterocycles. The van der Waals surface area contributed by atoms with Crippen molar-refractivity contribution in [2.75, 3.05) is 4.90 Å². The van der Waals surface area contributed by atoms with Crippen molar-refractivity contribution < 1.29 is 19.1 Å². The van der Waals surface area contributed by atoms with Gasteiger partial charge in [-0.15, -0.1) is 0 Å². The van der Waals surface area contributed by atoms with Crippen molar-refractivity contribution in [2.45, 2.75) is 54.6 Å². The lowest BCUT2D eigenvalue weighted by Crippen LogP contribution is -2.53. The van der Waals surface area contributed by atoms with Crippen molar-refractivity contribution >= 4 is 41.0 Å². The molecule has 0 bridgehead atoms. The fraction of sp³-hybridized carbons (Fsp3) is 0.296. The summed E-state index contributed by atoms with van der Waals surface area (Å²) in [6.45, 7) is 5.29. The van der Waals surface area contributed by atoms with Crippen LogP contribution in [-0.2, 0) is 9.59 Å². The third-order valence-corrected chi connectivity index (χ3v) is 8.44. The summed E-state index contributed by atoms with van der Waals surface area (Å²) < 4.78 is 5.73. The Kier molecular flexibility index (Phi) is 6.80. The average Bonchev–Trinajstić information content (AvgIpc) is 3.55. The molecule has 5 heterocycles. The van der Waals surface area contributed by atoms with Crippen LogP contribution < -0.4 is 25.6 Å². The van der Waals surface area contributed by atoms with Crippen LogP contribution >= 0.6 is 11.8 Å². The Morgan fingerprint density at radius 2 is 1.93 bits per heavy atom. The fourth-order valence-corrected chi connectivity index (χ4v) is 6.60. The minimum atomic E-state index is -0.603. The molecule has 2 aliphatic heterocycles. The maximum absolute atomic E-state index is 13.5. The zero-order valence-electron chi connectivity index (χ0n) is 21.5. The highest BCUT2D eigenvalue weighted by Gasteiger charge is 2.47. The first-order valence-corrected chi connectivity index (χ1v) is 13.7. The summed E-state index contributed by atoms with van der Waals surface area (Å²) in [6.07, 6.45) is 9.77. The molecule has 0 aromatic carbocycles. The van der Waals surface area contributed by atoms with Gasteiger partial charge in [0.15, 0.2) is 5.75 Å². The van der Waals surface area contributed by atoms with Crippen LogP contribution in [0.5, 0.6) is 11.6 Å². The molecule has 1 fully saturated rings. The Labute approximate surface area is 234 Å². The van der Waals surface area contributed by atoms with Gasteiger partial charge in [0.25, 0.3) is 0 Å². The van der Waals surface area contributed by atoms with Crippen LogP contribution in [0.3, 0.4) is 0 Å². The highest BCUT2D eigenvalue weighted by atomic mass is 32.2. The van der Waals surface area contributed by atoms with E-state index in [-0.39, 0.29) is 29.9 Å². The summed E-state index contributed by atoms with van der Waals surface area (Å²) in [5, 5.41) is 9.11. The summed E-state index contributed by atoms with van der Waals surface area (Å²) in [5.74, 6) is 0.316. The Morgan fingerprint density at radius 1 is 1.15 bits per heavy atom. The van der Waals surface area contributed by atoms with Crippen molar-refractivity contribution in [3.63, 3.8) is 0 Å². The van der Waals surface area contributed by atoms with E-state index in [2.05, 4.69) is 42.5 Å². The first-order chi connectivity index (χ1) is 19.4. The lowest BCUT2D eigenvalue weighted by Gasteiger charge is -2.35. The number of hydrogen-bond donors (Lipinski definition) is 3. The van der Waals surface area contributed by atoms with Crippen LogP contribution in [0, 0.1) is 6.92 Å². The first kappa shape index (κ1) is 25.7. The number of pyridine rings is 2. The van der Waals surface area contributed by atoms with Gasteiger partial charge in [0.05, 0.1) is 35.5 Å². The average molecular weight is 559 g/mol. The van der Waals surface area contributed by atoms with E-state index < -0.39 is 11.3 Å². The summed E-state index contributed by atoms with van der Waals surface area (Å²) in [7, 11) is 0. The summed E-state index contributed by atoms with van der Waals surface area (Å²) >= 11 is 1.33. The van der Waals surface area contributed by atoms with Gasteiger partial charge >= 0.3 is 6.03 Å². The molecule has 2 unspecified atom stereocenters. The maximum atomic E-state index is 13.5. The predicted octanol–water partition coefficient (Wildman–Crippen LogP) is 3.08. The van der Waals surface area contributed by atoms with E-state index in [1.807, 2.05) is 0 Å². The molecule has 40 heavy (non-hydrogen) atoms. The van der Waals surface area contributed by atoms with Gasteiger partial charge in [-0.2, -0.15) is 0 Å². The van der Waals surface area contributed by atoms with E-state index >= 15 is 0 Å². The van der Waals surface area contributed by atoms with Crippen LogP contribution in [0.15, 0.2) is 60.8 Å². The summed E-state index contributed by atoms with van der Waals surface area (Å²) in [6, 6.07) is 3.92. The summed E-state index contributed by atoms with van der Waals surface area (Å²) in [5.41, 5.74) is 2.58. The predicted molar refractivity (Wildman–Crippen MR) is 146 cm³/mol. The van der Waals surface area contributed by atoms with E-state index in [0.717, 1.165) is 24.8 Å². The molecule has 3 N–H and O–H groups in total. The maximum Gasteiger partial charge on any atom is 0.327 e. The van der Waals surface area contributed by atoms with Gasteiger partial charge in [0.1, 0.15) is 16.6 Å². The van der Waals surface area contributed by atoms with E-state index in [1.54, 1.807) is 36.2 Å². The van der Waals surface area contributed by atoms with Crippen molar-refractivity contribution in [2.24, 2.45) is 0 Å². The van der Waals surface area contributed by atoms with Crippen molar-refractivity contribution in [1.29, 1.82) is 0 Å². The van der Waals surface area contributed by atoms with E-state index in [1.165, 1.54) is 36.6 Å². The molecule has 13 heteroatoms. The molecule has 3 aromatic rings. The molecule has 1 aliphatic carbocycles. The zero-order valence-corrected chi connectivity index (χ0v) is 22.4. The molecule has 3 aliphatic rings. The number of urea groups is 1. The Hall–Kier alpha value is -4.52. The second-order valence-electron chi connectivity index (χ2n) is 9.65. The minimum Gasteiger partial charge on any atom is -0.436 e. The third-order valence-electron chi connectivity index (χ3n) is 7.15. The second-order valence-corrected chi connectivity index (χ2v) is 10.8. The zero-order chi connectivity index (χ0) is 27.8. The molecule has 6 rings (SSSR count). The van der Waals surface area contributed by atoms with Gasteiger partial charge in [0, 0.05) is 29.9 Å². The number of carbonyl (C=O) groups is 3. The van der Waals surface area contributed by atoms with Crippen LogP contribution in [0.25, 0.3) is 0 Å². The highest BCUT2D eigenvalue weighted by Crippen LogP contribution is 2.51. The van der Waals surface area contributed by atoms with Crippen LogP contribution in [-0.4, -0.2) is 55.1 Å². The quantitative estimate of drug-likeness (QED) is 0.372. The number of ether oxygens (including phenoxy) is 1. The standard InChI is InChI=1S/C27H26N8O4S/c1-3-20(36)32-16-5-4-6-17(16)33-25(37)24-23-22-19(9-10-30-26(22)40-24)35(27(38)34-23)18-7-8-21(31-14(18)2)39-15-11-28-13-29-12-15/h3,7-13,16-17,23-24H,1,4-6H2,2H3,(H,32,36)(H,33,37)(H,34,38)/t16-,17+,23?,24?/m0/s1. The van der Waals surface area contributed by atoms with Gasteiger partial charge in [0.2, 0.25) is 17.7 Å². The monoisotopic (exact) mass is 558 g/mol. The van der Waals surface area contributed by atoms with Crippen molar-refractivity contribution in [3.8, 4) is 11.6 Å². The first-order valence-electron chi connectivity index (χ1n) is 12.8. The smallest absolute Gasteiger partial charge is 0.327 e. The number of thioether (sulfide) groups is 1. The van der Waals surface area contributed by atoms with Crippen LogP contribution in [0.4, 0.5) is 16.2 Å². The number of nitrogens with one attached hydrogen (secondary N) is 3. The molecule has 204 valence electrons. The van der Waals surface area contributed by atoms with Crippen LogP contribution in [0.2, 0.25) is 0 Å². The third kappa shape index (κ3) is 4.72. The summed E-state index contributed by atoms with van der Waals surface area (Å²) in [4.78, 5) is 57.3. The van der Waals surface area contributed by atoms with Gasteiger partial charge < -0.3 is 20.7 Å². The number of carbonyl (C=O) groups excluding carboxylic acids is 3. The Balaban J connectivity index is 1.23. The van der Waals surface area contributed by atoms with Gasteiger partial charge in [-0.1, -0.05) is 18.3 Å². The lowest BCUT2D eigenvalue weighted by atomic mass is 9.99. The number of anilines is 2. The largest absolute Gasteiger partial charge is 0.436 e. The number of aryl methyl sites for hydroxylation is 1. The molecule has 1 saturated carbocycles. The number of hydrogen-bond acceptors (Lipinski definition) is 9. The normalized spacial score (nSPS) is 22.7. The molecule has 4 amide bonds. The number of aromatic nitrogens is 4. The molecular weight excluding hydrogens is 532 g/mol. The van der Waals surface area contributed by atoms with E-state index in [4.69, 9.17) is 4.74 Å². The Morgan fingerprint density at radius 3 is 2.67 bits per heavy atom. The van der Waals surface area contributed by atoms with Crippen LogP contribution in [0.1, 0.15) is 36.6 Å². The SMILES string of the molecule is C=CC(=O)N[C@H]1CCC[C@H]1NC(=O)C1Sc2nccc3c2C1NC(=O)N3c1ccc(Oc2cncnc2)nc1C. The van der Waals surface area contributed by atoms with E-state index in [0.29, 0.717) is 33.7 Å². The number of nitrogens with zero attached hydrogens (tertiary/aromatic N) is 5. The molecule has 0 saturated heterocycles. The number of rotatable bonds is 7. The highest BCUT2D eigenvalue weighted by molar-refractivity contribution is 8.01. The molecule has 12 nitrogen and oxygen atoms in total. The molecular formula is C27H26N8O4S. The minimum absolute atomic E-state index is 0.162. The van der Waals surface area contributed by atoms with Crippen molar-refractivity contribution in [3.05, 3.63) is 67.0 Å². The molecule has 0 spiro atoms. The lowest BCUT2D eigenvalue weighted by molar-refractivity contribution is -0.122. The Bertz CT molecular complexity index is 1500. The van der Waals surface area contributed by atoms with Gasteiger partial charge in [-0.3, -0.25) is 14.5 Å². The van der Waals surface area contributed by atoms with Gasteiger partial charge in [-0.05, 0) is 44.4 Å². The fourth-order valence-electron chi connectivity index (χ4n) is 5.36. The van der Waals surface area contributed by atoms with Gasteiger partial charge in [-0.25, -0.2) is 24.7 Å². The van der Waals surface area contributed by atoms with E-state index in [9.17, 15) is 14.4 Å². The molecule has 4 atom stereocenters. The second kappa shape index (κ2) is 10.6. The molecule has 0 radical (unpaired) electrons. The number of amides is 4. The topological polar surface area (TPSA) is 151 Å².